The SMILES string of the molecule is CCOC(=O)C1=C(CN2CCN3C(=O)N(c4ccc(C5(C(=O)O)CC5)cc4)C[C@@H]3C2)NC(c2nccs2)=N[C@H]1c1ccc(F)cc1Cl. The van der Waals surface area contributed by atoms with Gasteiger partial charge in [-0.3, -0.25) is 19.6 Å². The Morgan fingerprint density at radius 1 is 1.17 bits per heavy atom. The molecule has 2 amide bonds. The summed E-state index contributed by atoms with van der Waals surface area (Å²) in [7, 11) is 0. The van der Waals surface area contributed by atoms with Gasteiger partial charge < -0.3 is 20.1 Å². The van der Waals surface area contributed by atoms with Gasteiger partial charge in [0, 0.05) is 66.3 Å². The zero-order valence-corrected chi connectivity index (χ0v) is 27.1. The minimum Gasteiger partial charge on any atom is -0.481 e. The Hall–Kier alpha value is -4.33. The van der Waals surface area contributed by atoms with Crippen LogP contribution in [0.2, 0.25) is 5.02 Å². The number of thiazole rings is 1. The number of halogens is 2. The van der Waals surface area contributed by atoms with Crippen molar-refractivity contribution < 1.29 is 28.6 Å². The summed E-state index contributed by atoms with van der Waals surface area (Å²) in [4.78, 5) is 53.8. The number of fused-ring (bicyclic) bond motifs is 1. The molecule has 1 aromatic heterocycles. The van der Waals surface area contributed by atoms with E-state index in [1.165, 1.54) is 29.5 Å². The van der Waals surface area contributed by atoms with E-state index in [0.29, 0.717) is 67.7 Å². The summed E-state index contributed by atoms with van der Waals surface area (Å²) in [6.45, 7) is 4.28. The molecule has 1 saturated carbocycles. The Balaban J connectivity index is 1.15. The van der Waals surface area contributed by atoms with Gasteiger partial charge in [0.05, 0.1) is 23.6 Å². The van der Waals surface area contributed by atoms with Gasteiger partial charge in [-0.15, -0.1) is 11.3 Å². The summed E-state index contributed by atoms with van der Waals surface area (Å²) in [5, 5.41) is 15.6. The Morgan fingerprint density at radius 2 is 1.96 bits per heavy atom. The highest BCUT2D eigenvalue weighted by Gasteiger charge is 2.52. The molecule has 7 rings (SSSR count). The van der Waals surface area contributed by atoms with E-state index < -0.39 is 29.2 Å². The van der Waals surface area contributed by atoms with Crippen LogP contribution in [0.3, 0.4) is 0 Å². The third-order valence-electron chi connectivity index (χ3n) is 9.22. The number of anilines is 1. The number of rotatable bonds is 9. The first kappa shape index (κ1) is 31.3. The van der Waals surface area contributed by atoms with E-state index >= 15 is 0 Å². The van der Waals surface area contributed by atoms with Crippen LogP contribution in [0.5, 0.6) is 0 Å². The molecule has 11 nitrogen and oxygen atoms in total. The van der Waals surface area contributed by atoms with Crippen LogP contribution in [0.4, 0.5) is 14.9 Å². The zero-order chi connectivity index (χ0) is 32.9. The maximum Gasteiger partial charge on any atom is 0.338 e. The van der Waals surface area contributed by atoms with Gasteiger partial charge in [0.15, 0.2) is 10.8 Å². The van der Waals surface area contributed by atoms with Crippen molar-refractivity contribution in [3.63, 3.8) is 0 Å². The average Bonchev–Trinajstić information content (AvgIpc) is 3.56. The van der Waals surface area contributed by atoms with Crippen LogP contribution in [0.25, 0.3) is 0 Å². The number of nitrogens with one attached hydrogen (secondary N) is 1. The van der Waals surface area contributed by atoms with Gasteiger partial charge >= 0.3 is 18.0 Å². The molecule has 14 heteroatoms. The summed E-state index contributed by atoms with van der Waals surface area (Å²) in [5.74, 6) is -1.40. The third kappa shape index (κ3) is 5.76. The van der Waals surface area contributed by atoms with Gasteiger partial charge in [-0.05, 0) is 49.6 Å². The van der Waals surface area contributed by atoms with Crippen LogP contribution >= 0.6 is 22.9 Å². The molecule has 0 spiro atoms. The number of amidine groups is 1. The number of carboxylic acids is 1. The van der Waals surface area contributed by atoms with Crippen LogP contribution in [0.15, 0.2) is 70.3 Å². The van der Waals surface area contributed by atoms with Crippen LogP contribution in [-0.4, -0.2) is 89.1 Å². The number of amides is 2. The second-order valence-corrected chi connectivity index (χ2v) is 13.3. The molecule has 3 aromatic rings. The number of ether oxygens (including phenoxy) is 1. The van der Waals surface area contributed by atoms with E-state index in [0.717, 1.165) is 11.3 Å². The van der Waals surface area contributed by atoms with Crippen LogP contribution in [0.1, 0.15) is 41.9 Å². The first-order valence-electron chi connectivity index (χ1n) is 15.4. The maximum absolute atomic E-state index is 14.0. The predicted molar refractivity (Wildman–Crippen MR) is 174 cm³/mol. The molecule has 1 aliphatic carbocycles. The number of carboxylic acid groups (broad SMARTS) is 1. The van der Waals surface area contributed by atoms with Gasteiger partial charge in [0.1, 0.15) is 11.9 Å². The monoisotopic (exact) mass is 678 g/mol. The number of nitrogens with zero attached hydrogens (tertiary/aromatic N) is 5. The molecule has 2 N–H and O–H groups in total. The molecule has 3 fully saturated rings. The fourth-order valence-electron chi connectivity index (χ4n) is 6.63. The number of hydrogen-bond donors (Lipinski definition) is 2. The first-order valence-corrected chi connectivity index (χ1v) is 16.7. The zero-order valence-electron chi connectivity index (χ0n) is 25.5. The molecule has 244 valence electrons. The lowest BCUT2D eigenvalue weighted by Crippen LogP contribution is -2.53. The molecule has 0 unspecified atom stereocenters. The molecule has 0 bridgehead atoms. The second-order valence-electron chi connectivity index (χ2n) is 12.0. The van der Waals surface area contributed by atoms with E-state index in [-0.39, 0.29) is 29.3 Å². The van der Waals surface area contributed by atoms with Crippen molar-refractivity contribution in [1.82, 2.24) is 20.1 Å². The first-order chi connectivity index (χ1) is 22.7. The number of carbonyl (C=O) groups excluding carboxylic acids is 2. The summed E-state index contributed by atoms with van der Waals surface area (Å²) in [6.07, 6.45) is 2.90. The van der Waals surface area contributed by atoms with Crippen molar-refractivity contribution in [2.24, 2.45) is 4.99 Å². The number of carbonyl (C=O) groups is 3. The molecule has 3 aliphatic heterocycles. The number of aliphatic carboxylic acids is 1. The van der Waals surface area contributed by atoms with Gasteiger partial charge in [-0.2, -0.15) is 0 Å². The molecule has 47 heavy (non-hydrogen) atoms. The van der Waals surface area contributed by atoms with Crippen LogP contribution in [0, 0.1) is 5.82 Å². The maximum atomic E-state index is 14.0. The molecule has 2 aromatic carbocycles. The Labute approximate surface area is 279 Å². The summed E-state index contributed by atoms with van der Waals surface area (Å²) in [6, 6.07) is 10.3. The summed E-state index contributed by atoms with van der Waals surface area (Å²) >= 11 is 7.90. The van der Waals surface area contributed by atoms with Crippen LogP contribution in [-0.2, 0) is 19.7 Å². The quantitative estimate of drug-likeness (QED) is 0.315. The Morgan fingerprint density at radius 3 is 2.62 bits per heavy atom. The predicted octanol–water partition coefficient (Wildman–Crippen LogP) is 4.59. The molecule has 0 radical (unpaired) electrons. The Bertz CT molecular complexity index is 1790. The largest absolute Gasteiger partial charge is 0.481 e. The van der Waals surface area contributed by atoms with Crippen molar-refractivity contribution in [3.8, 4) is 0 Å². The van der Waals surface area contributed by atoms with Crippen molar-refractivity contribution in [3.05, 3.63) is 92.3 Å². The van der Waals surface area contributed by atoms with Gasteiger partial charge in [-0.25, -0.2) is 19.0 Å². The lowest BCUT2D eigenvalue weighted by molar-refractivity contribution is -0.140. The summed E-state index contributed by atoms with van der Waals surface area (Å²) in [5.41, 5.74) is 2.00. The average molecular weight is 679 g/mol. The Kier molecular flexibility index (Phi) is 8.23. The number of piperazine rings is 1. The number of aliphatic imine (C=N–C) groups is 1. The highest BCUT2D eigenvalue weighted by Crippen LogP contribution is 2.48. The number of hydrogen-bond acceptors (Lipinski definition) is 9. The minimum absolute atomic E-state index is 0.0896. The molecule has 2 saturated heterocycles. The van der Waals surface area contributed by atoms with E-state index in [1.807, 2.05) is 34.5 Å². The van der Waals surface area contributed by atoms with E-state index in [4.69, 9.17) is 21.3 Å². The smallest absolute Gasteiger partial charge is 0.338 e. The van der Waals surface area contributed by atoms with Gasteiger partial charge in [0.2, 0.25) is 0 Å². The summed E-state index contributed by atoms with van der Waals surface area (Å²) < 4.78 is 19.5. The van der Waals surface area contributed by atoms with Crippen molar-refractivity contribution in [2.45, 2.75) is 37.3 Å². The van der Waals surface area contributed by atoms with E-state index in [1.54, 1.807) is 18.0 Å². The van der Waals surface area contributed by atoms with Gasteiger partial charge in [-0.1, -0.05) is 29.8 Å². The van der Waals surface area contributed by atoms with Gasteiger partial charge in [0.25, 0.3) is 0 Å². The normalized spacial score (nSPS) is 22.1. The molecule has 4 aliphatic rings. The highest BCUT2D eigenvalue weighted by molar-refractivity contribution is 7.11. The number of benzene rings is 2. The lowest BCUT2D eigenvalue weighted by Gasteiger charge is -2.38. The van der Waals surface area contributed by atoms with Crippen molar-refractivity contribution in [1.29, 1.82) is 0 Å². The molecule has 4 heterocycles. The number of urea groups is 1. The number of aromatic nitrogens is 1. The minimum atomic E-state index is -0.860. The lowest BCUT2D eigenvalue weighted by atomic mass is 9.95. The van der Waals surface area contributed by atoms with E-state index in [9.17, 15) is 23.9 Å². The van der Waals surface area contributed by atoms with Crippen molar-refractivity contribution >= 4 is 52.4 Å². The standard InChI is InChI=1S/C33H32ClFN6O5S/c1-2-46-30(42)26-25(37-28(29-36-11-14-47-29)38-27(26)23-8-5-20(35)15-24(23)34)18-39-12-13-40-22(16-39)17-41(32(40)45)21-6-3-19(4-7-21)33(9-10-33)31(43)44/h3-8,11,14-15,22,27H,2,9-10,12-13,16-18H2,1H3,(H,37,38)(H,43,44)/t22-,27-/m0/s1. The van der Waals surface area contributed by atoms with Crippen molar-refractivity contribution in [2.75, 3.05) is 44.2 Å². The van der Waals surface area contributed by atoms with Crippen LogP contribution < -0.4 is 10.2 Å². The highest BCUT2D eigenvalue weighted by atomic mass is 35.5. The molecular weight excluding hydrogens is 647 g/mol. The number of esters is 1. The topological polar surface area (TPSA) is 128 Å². The fraction of sp³-hybridized carbons (Fsp3) is 0.364. The fourth-order valence-corrected chi connectivity index (χ4v) is 7.49. The second kappa shape index (κ2) is 12.4. The van der Waals surface area contributed by atoms with E-state index in [2.05, 4.69) is 15.2 Å². The molecular formula is C33H32ClFN6O5S. The molecule has 2 atom stereocenters. The third-order valence-corrected chi connectivity index (χ3v) is 10.3.